The van der Waals surface area contributed by atoms with E-state index in [1.54, 1.807) is 36.7 Å². The molecular weight excluding hydrogens is 444 g/mol. The standard InChI is InChI=1S/C20H22N10O2S/c1-13-10-17(29-28-13)24-20-26-18(22-12-14-4-3-9-21-11-14)25-19(27-20)23-15-5-7-16(8-6-15)30-33(2,31)32/h3-11,30H,12H2,1-2H3,(H4,22,23,24,25,26,27,28,29). The van der Waals surface area contributed by atoms with E-state index in [2.05, 4.69) is 50.8 Å². The van der Waals surface area contributed by atoms with Crippen molar-refractivity contribution in [2.75, 3.05) is 26.9 Å². The van der Waals surface area contributed by atoms with Crippen molar-refractivity contribution >= 4 is 45.1 Å². The first kappa shape index (κ1) is 22.0. The number of benzene rings is 1. The summed E-state index contributed by atoms with van der Waals surface area (Å²) in [6.07, 6.45) is 4.56. The number of nitrogens with one attached hydrogen (secondary N) is 5. The van der Waals surface area contributed by atoms with Crippen LogP contribution in [0.4, 0.5) is 35.0 Å². The van der Waals surface area contributed by atoms with Gasteiger partial charge in [-0.05, 0) is 42.8 Å². The van der Waals surface area contributed by atoms with Gasteiger partial charge < -0.3 is 16.0 Å². The Labute approximate surface area is 190 Å². The smallest absolute Gasteiger partial charge is 0.235 e. The molecule has 0 atom stereocenters. The van der Waals surface area contributed by atoms with Gasteiger partial charge in [0, 0.05) is 42.1 Å². The highest BCUT2D eigenvalue weighted by Gasteiger charge is 2.10. The Kier molecular flexibility index (Phi) is 6.31. The Hall–Kier alpha value is -4.26. The summed E-state index contributed by atoms with van der Waals surface area (Å²) in [6, 6.07) is 12.3. The second-order valence-electron chi connectivity index (χ2n) is 7.16. The lowest BCUT2D eigenvalue weighted by Gasteiger charge is -2.11. The summed E-state index contributed by atoms with van der Waals surface area (Å²) in [5.74, 6) is 1.50. The molecule has 33 heavy (non-hydrogen) atoms. The van der Waals surface area contributed by atoms with Crippen molar-refractivity contribution in [3.8, 4) is 0 Å². The zero-order valence-corrected chi connectivity index (χ0v) is 18.7. The number of pyridine rings is 1. The maximum Gasteiger partial charge on any atom is 0.235 e. The minimum Gasteiger partial charge on any atom is -0.350 e. The highest BCUT2D eigenvalue weighted by molar-refractivity contribution is 7.92. The van der Waals surface area contributed by atoms with E-state index in [1.165, 1.54) is 0 Å². The molecule has 13 heteroatoms. The lowest BCUT2D eigenvalue weighted by atomic mass is 10.3. The van der Waals surface area contributed by atoms with Crippen molar-refractivity contribution in [1.29, 1.82) is 0 Å². The minimum atomic E-state index is -3.35. The molecule has 0 radical (unpaired) electrons. The van der Waals surface area contributed by atoms with Crippen molar-refractivity contribution in [2.45, 2.75) is 13.5 Å². The van der Waals surface area contributed by atoms with Crippen molar-refractivity contribution < 1.29 is 8.42 Å². The first-order valence-electron chi connectivity index (χ1n) is 9.85. The fraction of sp³-hybridized carbons (Fsp3) is 0.150. The van der Waals surface area contributed by atoms with E-state index in [0.717, 1.165) is 17.5 Å². The van der Waals surface area contributed by atoms with Crippen molar-refractivity contribution in [3.05, 3.63) is 66.1 Å². The molecule has 0 amide bonds. The Morgan fingerprint density at radius 2 is 1.64 bits per heavy atom. The molecule has 0 aliphatic heterocycles. The van der Waals surface area contributed by atoms with Gasteiger partial charge in [-0.3, -0.25) is 14.8 Å². The van der Waals surface area contributed by atoms with E-state index in [9.17, 15) is 8.42 Å². The Morgan fingerprint density at radius 1 is 0.939 bits per heavy atom. The van der Waals surface area contributed by atoms with Crippen molar-refractivity contribution in [3.63, 3.8) is 0 Å². The molecule has 0 saturated heterocycles. The van der Waals surface area contributed by atoms with E-state index in [-0.39, 0.29) is 5.95 Å². The van der Waals surface area contributed by atoms with E-state index >= 15 is 0 Å². The van der Waals surface area contributed by atoms with E-state index in [0.29, 0.717) is 35.6 Å². The monoisotopic (exact) mass is 466 g/mol. The molecule has 12 nitrogen and oxygen atoms in total. The number of rotatable bonds is 9. The molecule has 5 N–H and O–H groups in total. The molecule has 0 unspecified atom stereocenters. The third-order valence-corrected chi connectivity index (χ3v) is 4.81. The maximum absolute atomic E-state index is 11.4. The van der Waals surface area contributed by atoms with Gasteiger partial charge in [0.05, 0.1) is 6.26 Å². The van der Waals surface area contributed by atoms with Gasteiger partial charge in [-0.2, -0.15) is 20.1 Å². The van der Waals surface area contributed by atoms with Crippen molar-refractivity contribution in [2.24, 2.45) is 0 Å². The van der Waals surface area contributed by atoms with Crippen LogP contribution in [0.15, 0.2) is 54.9 Å². The summed E-state index contributed by atoms with van der Waals surface area (Å²) >= 11 is 0. The molecule has 4 aromatic rings. The first-order chi connectivity index (χ1) is 15.8. The van der Waals surface area contributed by atoms with Crippen LogP contribution >= 0.6 is 0 Å². The van der Waals surface area contributed by atoms with Gasteiger partial charge >= 0.3 is 0 Å². The van der Waals surface area contributed by atoms with E-state index in [4.69, 9.17) is 0 Å². The van der Waals surface area contributed by atoms with Crippen LogP contribution in [0.5, 0.6) is 0 Å². The van der Waals surface area contributed by atoms with Crippen LogP contribution in [0, 0.1) is 6.92 Å². The first-order valence-corrected chi connectivity index (χ1v) is 11.7. The summed E-state index contributed by atoms with van der Waals surface area (Å²) in [4.78, 5) is 17.4. The van der Waals surface area contributed by atoms with Gasteiger partial charge in [-0.1, -0.05) is 6.07 Å². The molecule has 0 aliphatic rings. The molecule has 3 heterocycles. The zero-order chi connectivity index (χ0) is 23.3. The highest BCUT2D eigenvalue weighted by Crippen LogP contribution is 2.20. The second-order valence-corrected chi connectivity index (χ2v) is 8.91. The van der Waals surface area contributed by atoms with Crippen LogP contribution in [-0.4, -0.2) is 44.8 Å². The number of H-pyrrole nitrogens is 1. The molecule has 3 aromatic heterocycles. The van der Waals surface area contributed by atoms with Gasteiger partial charge in [0.15, 0.2) is 5.82 Å². The third kappa shape index (κ3) is 6.61. The van der Waals surface area contributed by atoms with Gasteiger partial charge in [-0.25, -0.2) is 8.42 Å². The van der Waals surface area contributed by atoms with Crippen molar-refractivity contribution in [1.82, 2.24) is 30.1 Å². The SMILES string of the molecule is Cc1cc(Nc2nc(NCc3cccnc3)nc(Nc3ccc(NS(C)(=O)=O)cc3)n2)n[nH]1. The Balaban J connectivity index is 1.55. The van der Waals surface area contributed by atoms with Gasteiger partial charge in [0.25, 0.3) is 0 Å². The fourth-order valence-electron chi connectivity index (χ4n) is 2.81. The summed E-state index contributed by atoms with van der Waals surface area (Å²) in [5, 5.41) is 16.3. The molecule has 4 rings (SSSR count). The van der Waals surface area contributed by atoms with Crippen LogP contribution in [-0.2, 0) is 16.6 Å². The topological polar surface area (TPSA) is 162 Å². The highest BCUT2D eigenvalue weighted by atomic mass is 32.2. The maximum atomic E-state index is 11.4. The molecule has 1 aromatic carbocycles. The predicted molar refractivity (Wildman–Crippen MR) is 126 cm³/mol. The Bertz CT molecular complexity index is 1320. The fourth-order valence-corrected chi connectivity index (χ4v) is 3.38. The molecule has 170 valence electrons. The number of aromatic amines is 1. The molecule has 0 spiro atoms. The molecule has 0 saturated carbocycles. The van der Waals surface area contributed by atoms with Gasteiger partial charge in [0.2, 0.25) is 27.9 Å². The van der Waals surface area contributed by atoms with Gasteiger partial charge in [-0.15, -0.1) is 0 Å². The second kappa shape index (κ2) is 9.48. The lowest BCUT2D eigenvalue weighted by Crippen LogP contribution is -2.10. The number of hydrogen-bond acceptors (Lipinski definition) is 10. The van der Waals surface area contributed by atoms with Crippen LogP contribution in [0.3, 0.4) is 0 Å². The normalized spacial score (nSPS) is 11.1. The van der Waals surface area contributed by atoms with Crippen LogP contribution in [0.1, 0.15) is 11.3 Å². The zero-order valence-electron chi connectivity index (χ0n) is 17.9. The number of aromatic nitrogens is 6. The average molecular weight is 467 g/mol. The molecular formula is C20H22N10O2S. The summed E-state index contributed by atoms with van der Waals surface area (Å²) in [6.45, 7) is 2.37. The minimum absolute atomic E-state index is 0.289. The number of aryl methyl sites for hydroxylation is 1. The number of anilines is 6. The van der Waals surface area contributed by atoms with Crippen LogP contribution in [0.25, 0.3) is 0 Å². The number of hydrogen-bond donors (Lipinski definition) is 5. The molecule has 0 bridgehead atoms. The molecule has 0 aliphatic carbocycles. The summed E-state index contributed by atoms with van der Waals surface area (Å²) in [5.41, 5.74) is 2.98. The van der Waals surface area contributed by atoms with E-state index < -0.39 is 10.0 Å². The van der Waals surface area contributed by atoms with Gasteiger partial charge in [0.1, 0.15) is 0 Å². The van der Waals surface area contributed by atoms with Crippen LogP contribution < -0.4 is 20.7 Å². The number of nitrogens with zero attached hydrogens (tertiary/aromatic N) is 5. The lowest BCUT2D eigenvalue weighted by molar-refractivity contribution is 0.607. The molecule has 0 fully saturated rings. The third-order valence-electron chi connectivity index (χ3n) is 4.20. The van der Waals surface area contributed by atoms with E-state index in [1.807, 2.05) is 25.1 Å². The predicted octanol–water partition coefficient (Wildman–Crippen LogP) is 2.77. The Morgan fingerprint density at radius 3 is 2.27 bits per heavy atom. The van der Waals surface area contributed by atoms with Crippen LogP contribution in [0.2, 0.25) is 0 Å². The summed E-state index contributed by atoms with van der Waals surface area (Å²) < 4.78 is 25.2. The quantitative estimate of drug-likeness (QED) is 0.248. The number of sulfonamides is 1. The summed E-state index contributed by atoms with van der Waals surface area (Å²) in [7, 11) is -3.35. The largest absolute Gasteiger partial charge is 0.350 e. The average Bonchev–Trinajstić information content (AvgIpc) is 3.18.